The zero-order chi connectivity index (χ0) is 25.0. The summed E-state index contributed by atoms with van der Waals surface area (Å²) in [7, 11) is 0. The van der Waals surface area contributed by atoms with Gasteiger partial charge in [-0.05, 0) is 39.2 Å². The number of Topliss-reactive ketones (excluding diaryl/α,β-unsaturated/α-hetero) is 1. The van der Waals surface area contributed by atoms with E-state index in [1.807, 2.05) is 0 Å². The second-order valence-corrected chi connectivity index (χ2v) is 9.56. The lowest BCUT2D eigenvalue weighted by Gasteiger charge is -2.28. The first-order valence-corrected chi connectivity index (χ1v) is 11.1. The van der Waals surface area contributed by atoms with Crippen molar-refractivity contribution >= 4 is 34.3 Å². The molecule has 0 aromatic carbocycles. The van der Waals surface area contributed by atoms with Gasteiger partial charge >= 0.3 is 12.3 Å². The normalized spacial score (nSPS) is 20.2. The average molecular weight is 495 g/mol. The van der Waals surface area contributed by atoms with Crippen molar-refractivity contribution in [2.24, 2.45) is 5.92 Å². The van der Waals surface area contributed by atoms with Crippen LogP contribution in [0.1, 0.15) is 52.0 Å². The molecule has 2 heterocycles. The minimum Gasteiger partial charge on any atom is -0.444 e. The molecule has 33 heavy (non-hydrogen) atoms. The number of carbonyl (C=O) groups is 3. The van der Waals surface area contributed by atoms with Crippen molar-refractivity contribution in [2.75, 3.05) is 11.9 Å². The summed E-state index contributed by atoms with van der Waals surface area (Å²) < 4.78 is 56.9. The lowest BCUT2D eigenvalue weighted by molar-refractivity contribution is -0.138. The first-order valence-electron chi connectivity index (χ1n) is 10.3. The second kappa shape index (κ2) is 10.6. The Balaban J connectivity index is 1.97. The number of hydrogen-bond donors (Lipinski definition) is 1. The SMILES string of the molecule is CC[C@@H](/C=C/C(=O)Nc1nnc(C(F)(F)F)s1)CC(=O)[C@@H]1C[C@H](F)CN1C(=O)OC(C)(C)C. The van der Waals surface area contributed by atoms with Crippen LogP contribution in [0.15, 0.2) is 12.2 Å². The van der Waals surface area contributed by atoms with E-state index in [4.69, 9.17) is 4.74 Å². The molecule has 0 unspecified atom stereocenters. The van der Waals surface area contributed by atoms with Gasteiger partial charge in [-0.1, -0.05) is 24.3 Å². The van der Waals surface area contributed by atoms with Crippen LogP contribution in [0.3, 0.4) is 0 Å². The summed E-state index contributed by atoms with van der Waals surface area (Å²) in [4.78, 5) is 38.3. The first-order chi connectivity index (χ1) is 15.2. The Morgan fingerprint density at radius 1 is 1.27 bits per heavy atom. The highest BCUT2D eigenvalue weighted by molar-refractivity contribution is 7.15. The van der Waals surface area contributed by atoms with E-state index >= 15 is 0 Å². The monoisotopic (exact) mass is 494 g/mol. The van der Waals surface area contributed by atoms with Gasteiger partial charge in [0.1, 0.15) is 11.8 Å². The Morgan fingerprint density at radius 3 is 2.48 bits per heavy atom. The summed E-state index contributed by atoms with van der Waals surface area (Å²) in [6, 6.07) is -0.965. The summed E-state index contributed by atoms with van der Waals surface area (Å²) in [6.07, 6.45) is -3.94. The van der Waals surface area contributed by atoms with Crippen molar-refractivity contribution in [1.82, 2.24) is 15.1 Å². The van der Waals surface area contributed by atoms with Gasteiger partial charge in [-0.25, -0.2) is 9.18 Å². The Labute approximate surface area is 192 Å². The quantitative estimate of drug-likeness (QED) is 0.446. The molecular weight excluding hydrogens is 468 g/mol. The third-order valence-corrected chi connectivity index (χ3v) is 5.54. The highest BCUT2D eigenvalue weighted by atomic mass is 32.1. The van der Waals surface area contributed by atoms with E-state index in [1.54, 1.807) is 27.7 Å². The predicted molar refractivity (Wildman–Crippen MR) is 112 cm³/mol. The van der Waals surface area contributed by atoms with Crippen LogP contribution >= 0.6 is 11.3 Å². The fraction of sp³-hybridized carbons (Fsp3) is 0.650. The highest BCUT2D eigenvalue weighted by Crippen LogP contribution is 2.33. The number of halogens is 4. The number of likely N-dealkylation sites (tertiary alicyclic amines) is 1. The van der Waals surface area contributed by atoms with Crippen LogP contribution in [0.25, 0.3) is 0 Å². The molecule has 2 rings (SSSR count). The van der Waals surface area contributed by atoms with Crippen molar-refractivity contribution in [3.63, 3.8) is 0 Å². The molecule has 1 saturated heterocycles. The molecule has 1 aliphatic heterocycles. The predicted octanol–water partition coefficient (Wildman–Crippen LogP) is 4.38. The number of ketones is 1. The number of aromatic nitrogens is 2. The van der Waals surface area contributed by atoms with E-state index in [2.05, 4.69) is 15.5 Å². The Kier molecular flexibility index (Phi) is 8.55. The lowest BCUT2D eigenvalue weighted by atomic mass is 9.94. The standard InChI is InChI=1S/C20H26F4N4O4S/c1-5-11(6-7-15(30)25-17-27-26-16(33-17)20(22,23)24)8-14(29)13-9-12(21)10-28(13)18(31)32-19(2,3)4/h6-7,11-13H,5,8-10H2,1-4H3,(H,25,27,30)/b7-6+/t11-,12-,13-/m0/s1. The molecule has 1 N–H and O–H groups in total. The molecule has 3 atom stereocenters. The van der Waals surface area contributed by atoms with Crippen molar-refractivity contribution in [1.29, 1.82) is 0 Å². The average Bonchev–Trinajstić information content (AvgIpc) is 3.30. The maximum atomic E-state index is 14.0. The number of ether oxygens (including phenoxy) is 1. The summed E-state index contributed by atoms with van der Waals surface area (Å²) in [5.74, 6) is -1.50. The number of allylic oxidation sites excluding steroid dienone is 1. The largest absolute Gasteiger partial charge is 0.445 e. The topological polar surface area (TPSA) is 101 Å². The molecule has 13 heteroatoms. The summed E-state index contributed by atoms with van der Waals surface area (Å²) in [5.41, 5.74) is -0.797. The van der Waals surface area contributed by atoms with Crippen molar-refractivity contribution in [3.8, 4) is 0 Å². The van der Waals surface area contributed by atoms with Gasteiger partial charge in [-0.15, -0.1) is 10.2 Å². The molecule has 0 saturated carbocycles. The van der Waals surface area contributed by atoms with E-state index in [1.165, 1.54) is 6.08 Å². The fourth-order valence-electron chi connectivity index (χ4n) is 3.11. The van der Waals surface area contributed by atoms with Gasteiger partial charge in [-0.3, -0.25) is 19.8 Å². The number of anilines is 1. The third kappa shape index (κ3) is 8.06. The summed E-state index contributed by atoms with van der Waals surface area (Å²) in [5, 5.41) is 6.94. The van der Waals surface area contributed by atoms with Crippen LogP contribution in [-0.2, 0) is 20.5 Å². The maximum absolute atomic E-state index is 14.0. The van der Waals surface area contributed by atoms with E-state index in [-0.39, 0.29) is 41.6 Å². The van der Waals surface area contributed by atoms with Crippen molar-refractivity contribution in [2.45, 2.75) is 70.9 Å². The number of nitrogens with zero attached hydrogens (tertiary/aromatic N) is 3. The minimum absolute atomic E-state index is 0.0476. The van der Waals surface area contributed by atoms with Gasteiger partial charge in [-0.2, -0.15) is 13.2 Å². The molecule has 184 valence electrons. The molecule has 1 aromatic rings. The van der Waals surface area contributed by atoms with E-state index in [0.29, 0.717) is 6.42 Å². The molecule has 1 fully saturated rings. The number of rotatable bonds is 7. The van der Waals surface area contributed by atoms with Crippen LogP contribution in [0.2, 0.25) is 0 Å². The van der Waals surface area contributed by atoms with Crippen LogP contribution in [0, 0.1) is 5.92 Å². The van der Waals surface area contributed by atoms with Gasteiger partial charge < -0.3 is 4.74 Å². The molecular formula is C20H26F4N4O4S. The molecule has 0 radical (unpaired) electrons. The Bertz CT molecular complexity index is 897. The number of hydrogen-bond acceptors (Lipinski definition) is 7. The van der Waals surface area contributed by atoms with Gasteiger partial charge in [0.05, 0.1) is 12.6 Å². The van der Waals surface area contributed by atoms with Crippen molar-refractivity contribution in [3.05, 3.63) is 17.2 Å². The van der Waals surface area contributed by atoms with E-state index in [0.717, 1.165) is 11.0 Å². The molecule has 1 aromatic heterocycles. The van der Waals surface area contributed by atoms with Crippen LogP contribution in [0.4, 0.5) is 27.5 Å². The van der Waals surface area contributed by atoms with Gasteiger partial charge in [0.15, 0.2) is 5.78 Å². The third-order valence-electron chi connectivity index (χ3n) is 4.65. The first kappa shape index (κ1) is 26.7. The zero-order valence-electron chi connectivity index (χ0n) is 18.6. The van der Waals surface area contributed by atoms with Gasteiger partial charge in [0, 0.05) is 12.8 Å². The maximum Gasteiger partial charge on any atom is 0.445 e. The Morgan fingerprint density at radius 2 is 1.94 bits per heavy atom. The molecule has 2 amide bonds. The smallest absolute Gasteiger partial charge is 0.444 e. The van der Waals surface area contributed by atoms with Crippen molar-refractivity contribution < 1.29 is 36.7 Å². The van der Waals surface area contributed by atoms with Gasteiger partial charge in [0.2, 0.25) is 16.0 Å². The lowest BCUT2D eigenvalue weighted by Crippen LogP contribution is -2.43. The molecule has 1 aliphatic rings. The van der Waals surface area contributed by atoms with Crippen LogP contribution < -0.4 is 5.32 Å². The van der Waals surface area contributed by atoms with E-state index < -0.39 is 46.9 Å². The van der Waals surface area contributed by atoms with Gasteiger partial charge in [0.25, 0.3) is 0 Å². The highest BCUT2D eigenvalue weighted by Gasteiger charge is 2.41. The summed E-state index contributed by atoms with van der Waals surface area (Å²) >= 11 is 0.190. The second-order valence-electron chi connectivity index (χ2n) is 8.58. The number of nitrogens with one attached hydrogen (secondary N) is 1. The summed E-state index contributed by atoms with van der Waals surface area (Å²) in [6.45, 7) is 6.54. The number of amides is 2. The number of carbonyl (C=O) groups excluding carboxylic acids is 3. The fourth-order valence-corrected chi connectivity index (χ4v) is 3.73. The Hall–Kier alpha value is -2.57. The van der Waals surface area contributed by atoms with E-state index in [9.17, 15) is 31.9 Å². The number of alkyl halides is 4. The minimum atomic E-state index is -4.66. The molecule has 0 spiro atoms. The molecule has 8 nitrogen and oxygen atoms in total. The van der Waals surface area contributed by atoms with Crippen LogP contribution in [0.5, 0.6) is 0 Å². The molecule has 0 aliphatic carbocycles. The molecule has 0 bridgehead atoms. The van der Waals surface area contributed by atoms with Crippen LogP contribution in [-0.4, -0.2) is 57.2 Å². The zero-order valence-corrected chi connectivity index (χ0v) is 19.4.